The van der Waals surface area contributed by atoms with E-state index in [4.69, 9.17) is 9.26 Å². The topological polar surface area (TPSA) is 75.9 Å². The Morgan fingerprint density at radius 2 is 1.68 bits per heavy atom. The van der Waals surface area contributed by atoms with E-state index < -0.39 is 0 Å². The van der Waals surface area contributed by atoms with Crippen molar-refractivity contribution in [3.05, 3.63) is 53.8 Å². The van der Waals surface area contributed by atoms with E-state index in [1.54, 1.807) is 18.2 Å². The monoisotopic (exact) mass is 551 g/mol. The maximum absolute atomic E-state index is 13.1. The van der Waals surface area contributed by atoms with Gasteiger partial charge in [-0.2, -0.15) is 0 Å². The number of benzene rings is 2. The van der Waals surface area contributed by atoms with Crippen molar-refractivity contribution < 1.29 is 23.2 Å². The van der Waals surface area contributed by atoms with E-state index in [0.29, 0.717) is 29.7 Å². The maximum atomic E-state index is 13.1. The zero-order valence-electron chi connectivity index (χ0n) is 23.7. The molecule has 2 aromatic carbocycles. The van der Waals surface area contributed by atoms with Crippen LogP contribution in [0.15, 0.2) is 47.0 Å². The highest BCUT2D eigenvalue weighted by Gasteiger charge is 2.21. The maximum Gasteiger partial charge on any atom is 0.311 e. The molecule has 0 spiro atoms. The minimum Gasteiger partial charge on any atom is -0.426 e. The quantitative estimate of drug-likeness (QED) is 0.0856. The summed E-state index contributed by atoms with van der Waals surface area (Å²) in [5, 5.41) is 5.25. The number of carbonyl (C=O) groups is 2. The van der Waals surface area contributed by atoms with Crippen LogP contribution in [0.4, 0.5) is 10.2 Å². The van der Waals surface area contributed by atoms with E-state index >= 15 is 0 Å². The average molecular weight is 552 g/mol. The molecule has 7 nitrogen and oxygen atoms in total. The van der Waals surface area contributed by atoms with E-state index in [9.17, 15) is 14.0 Å². The van der Waals surface area contributed by atoms with Crippen LogP contribution in [0.2, 0.25) is 0 Å². The summed E-state index contributed by atoms with van der Waals surface area (Å²) in [5.74, 6) is 0.807. The molecule has 0 saturated carbocycles. The molecule has 40 heavy (non-hydrogen) atoms. The zero-order valence-corrected chi connectivity index (χ0v) is 23.7. The van der Waals surface area contributed by atoms with Gasteiger partial charge in [-0.25, -0.2) is 4.39 Å². The Balaban J connectivity index is 1.21. The van der Waals surface area contributed by atoms with Gasteiger partial charge in [0.05, 0.1) is 5.39 Å². The zero-order chi connectivity index (χ0) is 28.2. The number of ether oxygens (including phenoxy) is 1. The molecular weight excluding hydrogens is 509 g/mol. The molecule has 216 valence electrons. The summed E-state index contributed by atoms with van der Waals surface area (Å²) in [7, 11) is 0. The predicted molar refractivity (Wildman–Crippen MR) is 155 cm³/mol. The number of unbranched alkanes of at least 4 members (excludes halogenated alkanes) is 6. The van der Waals surface area contributed by atoms with Crippen molar-refractivity contribution in [2.24, 2.45) is 0 Å². The molecule has 0 atom stereocenters. The number of Topliss-reactive ketones (excluding diaryl/α,β-unsaturated/α-hetero) is 1. The lowest BCUT2D eigenvalue weighted by molar-refractivity contribution is -0.134. The van der Waals surface area contributed by atoms with Gasteiger partial charge in [0.1, 0.15) is 11.6 Å². The lowest BCUT2D eigenvalue weighted by atomic mass is 10.1. The number of rotatable bonds is 15. The number of esters is 1. The molecule has 0 amide bonds. The first-order valence-corrected chi connectivity index (χ1v) is 14.9. The van der Waals surface area contributed by atoms with Crippen LogP contribution in [0.5, 0.6) is 5.75 Å². The summed E-state index contributed by atoms with van der Waals surface area (Å²) in [6, 6.07) is 11.2. The normalized spacial score (nSPS) is 14.4. The Morgan fingerprint density at radius 3 is 2.48 bits per heavy atom. The molecule has 1 fully saturated rings. The summed E-state index contributed by atoms with van der Waals surface area (Å²) < 4.78 is 24.3. The predicted octanol–water partition coefficient (Wildman–Crippen LogP) is 7.19. The Hall–Kier alpha value is -3.26. The first kappa shape index (κ1) is 29.7. The van der Waals surface area contributed by atoms with Crippen molar-refractivity contribution >= 4 is 28.5 Å². The minimum absolute atomic E-state index is 0.0494. The molecule has 8 heteroatoms. The number of hydrogen-bond donors (Lipinski definition) is 0. The van der Waals surface area contributed by atoms with Crippen molar-refractivity contribution in [3.63, 3.8) is 0 Å². The number of anilines is 1. The molecule has 4 rings (SSSR count). The van der Waals surface area contributed by atoms with Crippen LogP contribution in [0.3, 0.4) is 0 Å². The minimum atomic E-state index is -0.330. The lowest BCUT2D eigenvalue weighted by Gasteiger charge is -2.21. The van der Waals surface area contributed by atoms with Gasteiger partial charge in [0.15, 0.2) is 17.2 Å². The SMILES string of the molecule is CCCCCCCCCC(=O)Oc1ccc2c(N3CCCN(CCCC(=O)c4ccc(F)cc4)CC3)noc2c1. The Morgan fingerprint density at radius 1 is 0.900 bits per heavy atom. The fraction of sp³-hybridized carbons (Fsp3) is 0.531. The van der Waals surface area contributed by atoms with Gasteiger partial charge in [-0.15, -0.1) is 0 Å². The molecule has 0 unspecified atom stereocenters. The Kier molecular flexibility index (Phi) is 11.5. The Labute approximate surface area is 236 Å². The molecule has 0 N–H and O–H groups in total. The number of hydrogen-bond acceptors (Lipinski definition) is 7. The summed E-state index contributed by atoms with van der Waals surface area (Å²) in [6.07, 6.45) is 10.8. The third-order valence-electron chi connectivity index (χ3n) is 7.57. The van der Waals surface area contributed by atoms with Crippen LogP contribution in [0.1, 0.15) is 87.9 Å². The van der Waals surface area contributed by atoms with Gasteiger partial charge in [-0.3, -0.25) is 9.59 Å². The fourth-order valence-electron chi connectivity index (χ4n) is 5.25. The number of nitrogens with zero attached hydrogens (tertiary/aromatic N) is 3. The second-order valence-electron chi connectivity index (χ2n) is 10.7. The van der Waals surface area contributed by atoms with Crippen LogP contribution >= 0.6 is 0 Å². The number of halogens is 1. The molecule has 1 aliphatic heterocycles. The fourth-order valence-corrected chi connectivity index (χ4v) is 5.25. The van der Waals surface area contributed by atoms with Crippen molar-refractivity contribution in [2.45, 2.75) is 77.6 Å². The van der Waals surface area contributed by atoms with Crippen molar-refractivity contribution in [3.8, 4) is 5.75 Å². The second kappa shape index (κ2) is 15.5. The summed E-state index contributed by atoms with van der Waals surface area (Å²) in [6.45, 7) is 6.55. The molecule has 0 bridgehead atoms. The van der Waals surface area contributed by atoms with E-state index in [-0.39, 0.29) is 17.6 Å². The molecule has 3 aromatic rings. The van der Waals surface area contributed by atoms with Crippen LogP contribution in [-0.4, -0.2) is 54.5 Å². The van der Waals surface area contributed by atoms with Gasteiger partial charge in [0.2, 0.25) is 0 Å². The molecule has 0 aliphatic carbocycles. The Bertz CT molecular complexity index is 1230. The van der Waals surface area contributed by atoms with E-state index in [1.807, 2.05) is 12.1 Å². The van der Waals surface area contributed by atoms with Crippen molar-refractivity contribution in [1.82, 2.24) is 10.1 Å². The first-order chi connectivity index (χ1) is 19.5. The third-order valence-corrected chi connectivity index (χ3v) is 7.57. The summed E-state index contributed by atoms with van der Waals surface area (Å²) in [4.78, 5) is 29.3. The van der Waals surface area contributed by atoms with E-state index in [2.05, 4.69) is 21.9 Å². The van der Waals surface area contributed by atoms with Crippen LogP contribution in [0.25, 0.3) is 11.0 Å². The van der Waals surface area contributed by atoms with Crippen LogP contribution < -0.4 is 9.64 Å². The van der Waals surface area contributed by atoms with Crippen LogP contribution in [-0.2, 0) is 4.79 Å². The van der Waals surface area contributed by atoms with E-state index in [0.717, 1.165) is 69.6 Å². The van der Waals surface area contributed by atoms with Crippen molar-refractivity contribution in [1.29, 1.82) is 0 Å². The number of ketones is 1. The van der Waals surface area contributed by atoms with Gasteiger partial charge in [-0.05, 0) is 68.8 Å². The molecule has 1 aliphatic rings. The first-order valence-electron chi connectivity index (χ1n) is 14.9. The van der Waals surface area contributed by atoms with E-state index in [1.165, 1.54) is 44.2 Å². The lowest BCUT2D eigenvalue weighted by Crippen LogP contribution is -2.31. The third kappa shape index (κ3) is 8.88. The smallest absolute Gasteiger partial charge is 0.311 e. The largest absolute Gasteiger partial charge is 0.426 e. The number of aromatic nitrogens is 1. The van der Waals surface area contributed by atoms with Gasteiger partial charge in [0.25, 0.3) is 0 Å². The number of fused-ring (bicyclic) bond motifs is 1. The van der Waals surface area contributed by atoms with Gasteiger partial charge in [0, 0.05) is 44.1 Å². The van der Waals surface area contributed by atoms with Crippen LogP contribution in [0, 0.1) is 5.82 Å². The molecule has 2 heterocycles. The molecule has 1 saturated heterocycles. The van der Waals surface area contributed by atoms with Gasteiger partial charge < -0.3 is 19.1 Å². The van der Waals surface area contributed by atoms with Gasteiger partial charge >= 0.3 is 5.97 Å². The molecule has 1 aromatic heterocycles. The highest BCUT2D eigenvalue weighted by Crippen LogP contribution is 2.30. The van der Waals surface area contributed by atoms with Gasteiger partial charge in [-0.1, -0.05) is 50.6 Å². The highest BCUT2D eigenvalue weighted by molar-refractivity contribution is 5.96. The standard InChI is InChI=1S/C32H42FN3O4/c1-2-3-4-5-6-7-8-12-31(38)39-27-17-18-28-30(24-27)40-34-32(28)36-21-10-20-35(22-23-36)19-9-11-29(37)25-13-15-26(33)16-14-25/h13-18,24H,2-12,19-23H2,1H3. The highest BCUT2D eigenvalue weighted by atomic mass is 19.1. The number of carbonyl (C=O) groups excluding carboxylic acids is 2. The average Bonchev–Trinajstić information content (AvgIpc) is 3.23. The van der Waals surface area contributed by atoms with Crippen molar-refractivity contribution in [2.75, 3.05) is 37.6 Å². The summed E-state index contributed by atoms with van der Waals surface area (Å²) >= 11 is 0. The summed E-state index contributed by atoms with van der Waals surface area (Å²) in [5.41, 5.74) is 1.17. The molecular formula is C32H42FN3O4. The molecule has 0 radical (unpaired) electrons. The second-order valence-corrected chi connectivity index (χ2v) is 10.7.